The highest BCUT2D eigenvalue weighted by atomic mass is 16.5. The van der Waals surface area contributed by atoms with Crippen LogP contribution >= 0.6 is 0 Å². The molecule has 0 radical (unpaired) electrons. The molecular formula is C14H25NO2. The van der Waals surface area contributed by atoms with Crippen molar-refractivity contribution < 1.29 is 9.53 Å². The number of terminal acetylenes is 1. The first-order chi connectivity index (χ1) is 8.31. The molecule has 3 nitrogen and oxygen atoms in total. The van der Waals surface area contributed by atoms with Crippen LogP contribution in [0.2, 0.25) is 0 Å². The Kier molecular flexibility index (Phi) is 12.3. The number of nitrogens with one attached hydrogen (secondary N) is 1. The lowest BCUT2D eigenvalue weighted by atomic mass is 10.2. The Hall–Kier alpha value is -1.01. The van der Waals surface area contributed by atoms with Gasteiger partial charge in [0.05, 0.1) is 6.61 Å². The molecule has 0 aromatic carbocycles. The monoisotopic (exact) mass is 239 g/mol. The van der Waals surface area contributed by atoms with Crippen molar-refractivity contribution in [2.75, 3.05) is 19.7 Å². The molecule has 0 aliphatic rings. The number of rotatable bonds is 11. The van der Waals surface area contributed by atoms with Crippen LogP contribution in [0.15, 0.2) is 0 Å². The van der Waals surface area contributed by atoms with E-state index in [4.69, 9.17) is 11.2 Å². The van der Waals surface area contributed by atoms with Crippen molar-refractivity contribution >= 4 is 5.97 Å². The zero-order valence-corrected chi connectivity index (χ0v) is 11.0. The Balaban J connectivity index is 3.04. The molecule has 3 heteroatoms. The van der Waals surface area contributed by atoms with Gasteiger partial charge in [-0.1, -0.05) is 6.42 Å². The van der Waals surface area contributed by atoms with Crippen LogP contribution in [0.3, 0.4) is 0 Å². The molecule has 0 saturated heterocycles. The molecule has 0 atom stereocenters. The normalized spacial score (nSPS) is 9.88. The number of unbranched alkanes of at least 4 members (excludes halogenated alkanes) is 4. The zero-order chi connectivity index (χ0) is 12.8. The lowest BCUT2D eigenvalue weighted by molar-refractivity contribution is -0.143. The highest BCUT2D eigenvalue weighted by Gasteiger charge is 2.00. The summed E-state index contributed by atoms with van der Waals surface area (Å²) in [5, 5.41) is 3.37. The quantitative estimate of drug-likeness (QED) is 0.342. The molecule has 1 N–H and O–H groups in total. The first kappa shape index (κ1) is 16.0. The lowest BCUT2D eigenvalue weighted by Crippen LogP contribution is -2.16. The number of hydrogen-bond donors (Lipinski definition) is 1. The summed E-state index contributed by atoms with van der Waals surface area (Å²) in [5.41, 5.74) is 0. The van der Waals surface area contributed by atoms with Gasteiger partial charge < -0.3 is 10.1 Å². The van der Waals surface area contributed by atoms with Gasteiger partial charge in [0.25, 0.3) is 0 Å². The van der Waals surface area contributed by atoms with Crippen LogP contribution in [-0.2, 0) is 9.53 Å². The highest BCUT2D eigenvalue weighted by Crippen LogP contribution is 2.00. The SMILES string of the molecule is C#CCCCCNCCCCCC(=O)OCC. The molecule has 0 spiro atoms. The van der Waals surface area contributed by atoms with E-state index in [0.29, 0.717) is 13.0 Å². The lowest BCUT2D eigenvalue weighted by Gasteiger charge is -2.04. The van der Waals surface area contributed by atoms with Gasteiger partial charge in [0.2, 0.25) is 0 Å². The van der Waals surface area contributed by atoms with Gasteiger partial charge in [0, 0.05) is 12.8 Å². The summed E-state index contributed by atoms with van der Waals surface area (Å²) in [5.74, 6) is 2.56. The summed E-state index contributed by atoms with van der Waals surface area (Å²) in [6.07, 6.45) is 12.0. The molecule has 0 aromatic heterocycles. The van der Waals surface area contributed by atoms with Gasteiger partial charge >= 0.3 is 5.97 Å². The third-order valence-corrected chi connectivity index (χ3v) is 2.46. The average Bonchev–Trinajstić information content (AvgIpc) is 2.32. The van der Waals surface area contributed by atoms with E-state index < -0.39 is 0 Å². The van der Waals surface area contributed by atoms with Gasteiger partial charge in [-0.3, -0.25) is 4.79 Å². The second-order valence-corrected chi connectivity index (χ2v) is 4.03. The third-order valence-electron chi connectivity index (χ3n) is 2.46. The zero-order valence-electron chi connectivity index (χ0n) is 11.0. The van der Waals surface area contributed by atoms with Crippen LogP contribution in [0.25, 0.3) is 0 Å². The van der Waals surface area contributed by atoms with Gasteiger partial charge in [-0.05, 0) is 45.7 Å². The Bertz CT molecular complexity index is 221. The van der Waals surface area contributed by atoms with Gasteiger partial charge in [-0.2, -0.15) is 0 Å². The number of ether oxygens (including phenoxy) is 1. The summed E-state index contributed by atoms with van der Waals surface area (Å²) < 4.78 is 4.85. The fraction of sp³-hybridized carbons (Fsp3) is 0.786. The van der Waals surface area contributed by atoms with Crippen LogP contribution in [0, 0.1) is 12.3 Å². The molecule has 0 heterocycles. The molecule has 0 fully saturated rings. The van der Waals surface area contributed by atoms with Gasteiger partial charge in [-0.25, -0.2) is 0 Å². The minimum absolute atomic E-state index is 0.0743. The number of carbonyl (C=O) groups is 1. The number of esters is 1. The Morgan fingerprint density at radius 2 is 1.88 bits per heavy atom. The first-order valence-electron chi connectivity index (χ1n) is 6.61. The van der Waals surface area contributed by atoms with Gasteiger partial charge in [0.1, 0.15) is 0 Å². The summed E-state index contributed by atoms with van der Waals surface area (Å²) in [4.78, 5) is 11.0. The van der Waals surface area contributed by atoms with Gasteiger partial charge in [0.15, 0.2) is 0 Å². The van der Waals surface area contributed by atoms with Crippen molar-refractivity contribution in [3.63, 3.8) is 0 Å². The largest absolute Gasteiger partial charge is 0.466 e. The molecular weight excluding hydrogens is 214 g/mol. The van der Waals surface area contributed by atoms with E-state index >= 15 is 0 Å². The van der Waals surface area contributed by atoms with Crippen LogP contribution < -0.4 is 5.32 Å². The minimum atomic E-state index is -0.0743. The maximum Gasteiger partial charge on any atom is 0.305 e. The second kappa shape index (κ2) is 13.1. The van der Waals surface area contributed by atoms with Crippen LogP contribution in [-0.4, -0.2) is 25.7 Å². The molecule has 0 aromatic rings. The van der Waals surface area contributed by atoms with Crippen LogP contribution in [0.5, 0.6) is 0 Å². The smallest absolute Gasteiger partial charge is 0.305 e. The second-order valence-electron chi connectivity index (χ2n) is 4.03. The molecule has 17 heavy (non-hydrogen) atoms. The highest BCUT2D eigenvalue weighted by molar-refractivity contribution is 5.69. The van der Waals surface area contributed by atoms with Crippen molar-refractivity contribution in [1.29, 1.82) is 0 Å². The van der Waals surface area contributed by atoms with E-state index in [2.05, 4.69) is 11.2 Å². The van der Waals surface area contributed by atoms with Crippen molar-refractivity contribution in [3.8, 4) is 12.3 Å². The van der Waals surface area contributed by atoms with E-state index in [-0.39, 0.29) is 5.97 Å². The Morgan fingerprint density at radius 3 is 2.53 bits per heavy atom. The van der Waals surface area contributed by atoms with Crippen molar-refractivity contribution in [1.82, 2.24) is 5.32 Å². The topological polar surface area (TPSA) is 38.3 Å². The molecule has 0 aliphatic carbocycles. The fourth-order valence-electron chi connectivity index (χ4n) is 1.53. The summed E-state index contributed by atoms with van der Waals surface area (Å²) in [7, 11) is 0. The Labute approximate surface area is 105 Å². The molecule has 0 amide bonds. The van der Waals surface area contributed by atoms with Crippen LogP contribution in [0.4, 0.5) is 0 Å². The maximum absolute atomic E-state index is 11.0. The standard InChI is InChI=1S/C14H25NO2/c1-3-5-6-9-12-15-13-10-7-8-11-14(16)17-4-2/h1,15H,4-13H2,2H3. The summed E-state index contributed by atoms with van der Waals surface area (Å²) in [6.45, 7) is 4.39. The minimum Gasteiger partial charge on any atom is -0.466 e. The number of carbonyl (C=O) groups excluding carboxylic acids is 1. The van der Waals surface area contributed by atoms with E-state index in [1.807, 2.05) is 6.92 Å². The molecule has 0 aliphatic heterocycles. The number of hydrogen-bond acceptors (Lipinski definition) is 3. The van der Waals surface area contributed by atoms with Gasteiger partial charge in [-0.15, -0.1) is 12.3 Å². The average molecular weight is 239 g/mol. The molecule has 98 valence electrons. The third kappa shape index (κ3) is 12.9. The first-order valence-corrected chi connectivity index (χ1v) is 6.61. The van der Waals surface area contributed by atoms with Crippen LogP contribution in [0.1, 0.15) is 51.9 Å². The van der Waals surface area contributed by atoms with Crippen molar-refractivity contribution in [2.45, 2.75) is 51.9 Å². The molecule has 0 saturated carbocycles. The van der Waals surface area contributed by atoms with Crippen molar-refractivity contribution in [3.05, 3.63) is 0 Å². The van der Waals surface area contributed by atoms with E-state index in [1.54, 1.807) is 0 Å². The fourth-order valence-corrected chi connectivity index (χ4v) is 1.53. The summed E-state index contributed by atoms with van der Waals surface area (Å²) >= 11 is 0. The molecule has 0 bridgehead atoms. The van der Waals surface area contributed by atoms with Crippen molar-refractivity contribution in [2.24, 2.45) is 0 Å². The van der Waals surface area contributed by atoms with E-state index in [1.165, 1.54) is 0 Å². The Morgan fingerprint density at radius 1 is 1.18 bits per heavy atom. The predicted molar refractivity (Wildman–Crippen MR) is 70.7 cm³/mol. The maximum atomic E-state index is 11.0. The molecule has 0 rings (SSSR count). The van der Waals surface area contributed by atoms with E-state index in [9.17, 15) is 4.79 Å². The predicted octanol–water partition coefficient (Wildman–Crippen LogP) is 2.50. The van der Waals surface area contributed by atoms with E-state index in [0.717, 1.165) is 51.6 Å². The molecule has 0 unspecified atom stereocenters. The summed E-state index contributed by atoms with van der Waals surface area (Å²) in [6, 6.07) is 0.